The monoisotopic (exact) mass is 349 g/mol. The number of halogens is 2. The molecule has 1 heterocycles. The lowest BCUT2D eigenvalue weighted by atomic mass is 9.93. The first-order chi connectivity index (χ1) is 12.5. The van der Waals surface area contributed by atoms with Crippen molar-refractivity contribution >= 4 is 27.8 Å². The molecule has 0 unspecified atom stereocenters. The highest BCUT2D eigenvalue weighted by Crippen LogP contribution is 2.36. The van der Waals surface area contributed by atoms with Crippen LogP contribution in [0, 0.1) is 11.6 Å². The topological polar surface area (TPSA) is 44.0 Å². The number of aromatic carboxylic acids is 1. The third kappa shape index (κ3) is 2.24. The zero-order valence-corrected chi connectivity index (χ0v) is 13.8. The van der Waals surface area contributed by atoms with Gasteiger partial charge in [-0.25, -0.2) is 8.78 Å². The van der Waals surface area contributed by atoms with Crippen LogP contribution in [0.15, 0.2) is 60.7 Å². The smallest absolute Gasteiger partial charge is 0.217 e. The van der Waals surface area contributed by atoms with Gasteiger partial charge < -0.3 is 9.90 Å². The molecule has 1 aromatic heterocycles. The Morgan fingerprint density at radius 1 is 0.962 bits per heavy atom. The second-order valence-corrected chi connectivity index (χ2v) is 6.05. The van der Waals surface area contributed by atoms with E-state index in [-0.39, 0.29) is 22.0 Å². The molecule has 5 heteroatoms. The highest BCUT2D eigenvalue weighted by atomic mass is 19.2. The van der Waals surface area contributed by atoms with Gasteiger partial charge in [0.1, 0.15) is 7.05 Å². The molecule has 0 fully saturated rings. The van der Waals surface area contributed by atoms with Crippen LogP contribution in [0.1, 0.15) is 10.4 Å². The van der Waals surface area contributed by atoms with Crippen LogP contribution in [-0.2, 0) is 7.05 Å². The standard InChI is InChI=1S/C21H13F2NO2/c1-24-15-10-6-5-9-13(15)18(21(25)26)19-16(24)11-14(22)20(23)17(19)12-7-3-2-4-8-12/h2-11H,1H3. The molecule has 26 heavy (non-hydrogen) atoms. The Morgan fingerprint density at radius 3 is 2.31 bits per heavy atom. The number of carbonyl (C=O) groups is 1. The van der Waals surface area contributed by atoms with E-state index in [0.29, 0.717) is 16.5 Å². The lowest BCUT2D eigenvalue weighted by Crippen LogP contribution is -2.33. The number of aryl methyl sites for hydroxylation is 1. The summed E-state index contributed by atoms with van der Waals surface area (Å²) < 4.78 is 30.8. The maximum absolute atomic E-state index is 14.8. The first kappa shape index (κ1) is 16.1. The number of carboxylic acids is 1. The number of pyridine rings is 1. The normalized spacial score (nSPS) is 11.2. The van der Waals surface area contributed by atoms with Crippen molar-refractivity contribution in [2.45, 2.75) is 0 Å². The van der Waals surface area contributed by atoms with Gasteiger partial charge in [0.05, 0.1) is 16.7 Å². The summed E-state index contributed by atoms with van der Waals surface area (Å²) in [5.41, 5.74) is 1.03. The zero-order valence-electron chi connectivity index (χ0n) is 13.8. The molecule has 128 valence electrons. The van der Waals surface area contributed by atoms with Crippen molar-refractivity contribution in [3.63, 3.8) is 0 Å². The van der Waals surface area contributed by atoms with E-state index in [1.165, 1.54) is 0 Å². The van der Waals surface area contributed by atoms with E-state index in [4.69, 9.17) is 0 Å². The summed E-state index contributed by atoms with van der Waals surface area (Å²) in [6, 6.07) is 16.2. The number of benzene rings is 3. The quantitative estimate of drug-likeness (QED) is 0.412. The van der Waals surface area contributed by atoms with E-state index in [1.54, 1.807) is 66.2 Å². The predicted molar refractivity (Wildman–Crippen MR) is 92.3 cm³/mol. The largest absolute Gasteiger partial charge is 0.545 e. The molecular formula is C21H13F2NO2. The zero-order chi connectivity index (χ0) is 18.4. The van der Waals surface area contributed by atoms with Crippen molar-refractivity contribution in [3.05, 3.63) is 77.9 Å². The molecule has 0 aliphatic heterocycles. The molecule has 3 nitrogen and oxygen atoms in total. The van der Waals surface area contributed by atoms with Crippen LogP contribution in [0.4, 0.5) is 8.78 Å². The van der Waals surface area contributed by atoms with Crippen molar-refractivity contribution in [2.24, 2.45) is 7.05 Å². The molecule has 0 aliphatic carbocycles. The number of fused-ring (bicyclic) bond motifs is 2. The van der Waals surface area contributed by atoms with Crippen molar-refractivity contribution in [2.75, 3.05) is 0 Å². The molecule has 0 N–H and O–H groups in total. The van der Waals surface area contributed by atoms with Gasteiger partial charge in [-0.3, -0.25) is 0 Å². The summed E-state index contributed by atoms with van der Waals surface area (Å²) in [6.07, 6.45) is 0. The SMILES string of the molecule is C[n+]1c2ccccc2c(C(=O)[O-])c2c(-c3ccccc3)c(F)c(F)cc21. The Morgan fingerprint density at radius 2 is 1.62 bits per heavy atom. The Labute approximate surface area is 147 Å². The van der Waals surface area contributed by atoms with Crippen LogP contribution in [0.2, 0.25) is 0 Å². The van der Waals surface area contributed by atoms with Crippen LogP contribution < -0.4 is 9.67 Å². The molecule has 4 rings (SSSR count). The van der Waals surface area contributed by atoms with Gasteiger partial charge in [-0.1, -0.05) is 42.5 Å². The highest BCUT2D eigenvalue weighted by Gasteiger charge is 2.26. The van der Waals surface area contributed by atoms with E-state index in [0.717, 1.165) is 6.07 Å². The minimum atomic E-state index is -1.44. The lowest BCUT2D eigenvalue weighted by Gasteiger charge is -2.15. The summed E-state index contributed by atoms with van der Waals surface area (Å²) in [5, 5.41) is 12.5. The van der Waals surface area contributed by atoms with Crippen LogP contribution in [0.3, 0.4) is 0 Å². The second kappa shape index (κ2) is 5.88. The maximum Gasteiger partial charge on any atom is 0.217 e. The Kier molecular flexibility index (Phi) is 3.65. The molecule has 0 amide bonds. The number of nitrogens with zero attached hydrogens (tertiary/aromatic N) is 1. The van der Waals surface area contributed by atoms with Gasteiger partial charge in [-0.05, 0) is 11.6 Å². The van der Waals surface area contributed by atoms with Crippen molar-refractivity contribution < 1.29 is 23.2 Å². The average molecular weight is 349 g/mol. The van der Waals surface area contributed by atoms with Gasteiger partial charge in [-0.2, -0.15) is 4.57 Å². The van der Waals surface area contributed by atoms with E-state index < -0.39 is 17.6 Å². The van der Waals surface area contributed by atoms with Gasteiger partial charge in [-0.15, -0.1) is 0 Å². The minimum Gasteiger partial charge on any atom is -0.545 e. The number of carbonyl (C=O) groups excluding carboxylic acids is 1. The summed E-state index contributed by atoms with van der Waals surface area (Å²) in [5.74, 6) is -3.55. The van der Waals surface area contributed by atoms with Crippen molar-refractivity contribution in [1.29, 1.82) is 0 Å². The van der Waals surface area contributed by atoms with Crippen LogP contribution >= 0.6 is 0 Å². The molecule has 0 radical (unpaired) electrons. The third-order valence-electron chi connectivity index (χ3n) is 4.61. The summed E-state index contributed by atoms with van der Waals surface area (Å²) in [6.45, 7) is 0. The Hall–Kier alpha value is -3.34. The number of para-hydroxylation sites is 1. The van der Waals surface area contributed by atoms with Crippen LogP contribution in [0.25, 0.3) is 32.9 Å². The second-order valence-electron chi connectivity index (χ2n) is 6.05. The molecule has 0 spiro atoms. The van der Waals surface area contributed by atoms with Gasteiger partial charge in [0, 0.05) is 23.3 Å². The van der Waals surface area contributed by atoms with Crippen LogP contribution in [0.5, 0.6) is 0 Å². The molecular weight excluding hydrogens is 336 g/mol. The number of carboxylic acid groups (broad SMARTS) is 1. The average Bonchev–Trinajstić information content (AvgIpc) is 2.64. The molecule has 0 aliphatic rings. The molecule has 3 aromatic carbocycles. The number of rotatable bonds is 2. The first-order valence-electron chi connectivity index (χ1n) is 8.00. The lowest BCUT2D eigenvalue weighted by molar-refractivity contribution is -0.617. The molecule has 0 saturated heterocycles. The molecule has 0 saturated carbocycles. The summed E-state index contributed by atoms with van der Waals surface area (Å²) in [4.78, 5) is 12.0. The van der Waals surface area contributed by atoms with E-state index in [9.17, 15) is 18.7 Å². The van der Waals surface area contributed by atoms with Crippen molar-refractivity contribution in [1.82, 2.24) is 0 Å². The Bertz CT molecular complexity index is 1190. The van der Waals surface area contributed by atoms with E-state index in [1.807, 2.05) is 0 Å². The van der Waals surface area contributed by atoms with Crippen molar-refractivity contribution in [3.8, 4) is 11.1 Å². The fourth-order valence-corrected chi connectivity index (χ4v) is 3.46. The van der Waals surface area contributed by atoms with Crippen LogP contribution in [-0.4, -0.2) is 5.97 Å². The predicted octanol–water partition coefficient (Wildman–Crippen LogP) is 3.13. The molecule has 0 bridgehead atoms. The highest BCUT2D eigenvalue weighted by molar-refractivity contribution is 6.15. The van der Waals surface area contributed by atoms with E-state index >= 15 is 0 Å². The van der Waals surface area contributed by atoms with Gasteiger partial charge in [0.15, 0.2) is 11.6 Å². The summed E-state index contributed by atoms with van der Waals surface area (Å²) in [7, 11) is 1.69. The Balaban J connectivity index is 2.35. The molecule has 0 atom stereocenters. The minimum absolute atomic E-state index is 0.0823. The molecule has 4 aromatic rings. The fraction of sp³-hybridized carbons (Fsp3) is 0.0476. The van der Waals surface area contributed by atoms with Gasteiger partial charge in [0.2, 0.25) is 11.0 Å². The third-order valence-corrected chi connectivity index (χ3v) is 4.61. The summed E-state index contributed by atoms with van der Waals surface area (Å²) >= 11 is 0. The number of aromatic nitrogens is 1. The maximum atomic E-state index is 14.8. The first-order valence-corrected chi connectivity index (χ1v) is 8.00. The number of hydrogen-bond acceptors (Lipinski definition) is 2. The van der Waals surface area contributed by atoms with Gasteiger partial charge >= 0.3 is 0 Å². The number of hydrogen-bond donors (Lipinski definition) is 0. The van der Waals surface area contributed by atoms with Gasteiger partial charge in [0.25, 0.3) is 0 Å². The fourth-order valence-electron chi connectivity index (χ4n) is 3.46. The van der Waals surface area contributed by atoms with E-state index in [2.05, 4.69) is 0 Å².